The molecule has 0 aromatic heterocycles. The summed E-state index contributed by atoms with van der Waals surface area (Å²) in [6, 6.07) is 21.6. The third-order valence-electron chi connectivity index (χ3n) is 6.03. The summed E-state index contributed by atoms with van der Waals surface area (Å²) in [6.07, 6.45) is 0. The minimum Gasteiger partial charge on any atom is -0.379 e. The van der Waals surface area contributed by atoms with E-state index >= 15 is 0 Å². The highest BCUT2D eigenvalue weighted by Gasteiger charge is 2.27. The second-order valence-electron chi connectivity index (χ2n) is 8.78. The third-order valence-corrected chi connectivity index (χ3v) is 8.35. The minimum absolute atomic E-state index is 0.139. The van der Waals surface area contributed by atoms with Gasteiger partial charge in [-0.15, -0.1) is 0 Å². The van der Waals surface area contributed by atoms with Crippen molar-refractivity contribution < 1.29 is 17.9 Å². The molecule has 0 unspecified atom stereocenters. The Morgan fingerprint density at radius 3 is 2.19 bits per heavy atom. The van der Waals surface area contributed by atoms with Crippen molar-refractivity contribution in [2.75, 3.05) is 37.2 Å². The van der Waals surface area contributed by atoms with Gasteiger partial charge in [-0.25, -0.2) is 8.42 Å². The van der Waals surface area contributed by atoms with Gasteiger partial charge in [0.2, 0.25) is 5.91 Å². The molecule has 0 spiro atoms. The molecule has 0 saturated carbocycles. The van der Waals surface area contributed by atoms with Crippen molar-refractivity contribution in [1.29, 1.82) is 0 Å². The Hall–Kier alpha value is -2.72. The minimum atomic E-state index is -3.94. The van der Waals surface area contributed by atoms with Crippen molar-refractivity contribution >= 4 is 37.5 Å². The van der Waals surface area contributed by atoms with Crippen molar-refractivity contribution in [2.24, 2.45) is 0 Å². The Morgan fingerprint density at radius 2 is 1.56 bits per heavy atom. The number of carbonyl (C=O) groups excluding carboxylic acids is 1. The van der Waals surface area contributed by atoms with E-state index in [1.54, 1.807) is 48.5 Å². The fourth-order valence-electron chi connectivity index (χ4n) is 3.93. The van der Waals surface area contributed by atoms with Gasteiger partial charge in [0, 0.05) is 30.7 Å². The number of benzene rings is 3. The molecule has 1 N–H and O–H groups in total. The first kappa shape index (κ1) is 26.3. The van der Waals surface area contributed by atoms with Crippen LogP contribution < -0.4 is 9.62 Å². The van der Waals surface area contributed by atoms with Crippen molar-refractivity contribution in [1.82, 2.24) is 10.2 Å². The molecule has 0 bridgehead atoms. The number of nitrogens with zero attached hydrogens (tertiary/aromatic N) is 2. The number of carbonyl (C=O) groups is 1. The number of halogens is 1. The van der Waals surface area contributed by atoms with Gasteiger partial charge in [-0.3, -0.25) is 14.0 Å². The Morgan fingerprint density at radius 1 is 0.944 bits per heavy atom. The summed E-state index contributed by atoms with van der Waals surface area (Å²) < 4.78 is 34.3. The Bertz CT molecular complexity index is 1260. The first-order chi connectivity index (χ1) is 17.3. The molecular weight excluding hydrogens is 542 g/mol. The van der Waals surface area contributed by atoms with E-state index in [2.05, 4.69) is 38.3 Å². The molecule has 7 nitrogen and oxygen atoms in total. The SMILES string of the molecule is Cc1ccc(S(=O)(=O)N(CC(=O)NCc2ccc(CN3CCOCC3)cc2)c2ccc(Br)cc2)cc1. The lowest BCUT2D eigenvalue weighted by atomic mass is 10.1. The molecule has 0 radical (unpaired) electrons. The van der Waals surface area contributed by atoms with Gasteiger partial charge in [0.25, 0.3) is 10.0 Å². The van der Waals surface area contributed by atoms with Crippen LogP contribution in [-0.2, 0) is 32.6 Å². The van der Waals surface area contributed by atoms with Gasteiger partial charge in [-0.2, -0.15) is 0 Å². The number of aryl methyl sites for hydroxylation is 1. The summed E-state index contributed by atoms with van der Waals surface area (Å²) in [4.78, 5) is 15.4. The first-order valence-corrected chi connectivity index (χ1v) is 14.0. The third kappa shape index (κ3) is 6.94. The fourth-order valence-corrected chi connectivity index (χ4v) is 5.61. The summed E-state index contributed by atoms with van der Waals surface area (Å²) in [5.41, 5.74) is 3.53. The number of nitrogens with one attached hydrogen (secondary N) is 1. The van der Waals surface area contributed by atoms with Crippen LogP contribution in [0, 0.1) is 6.92 Å². The average molecular weight is 573 g/mol. The van der Waals surface area contributed by atoms with Gasteiger partial charge < -0.3 is 10.1 Å². The lowest BCUT2D eigenvalue weighted by molar-refractivity contribution is -0.119. The number of amides is 1. The second-order valence-corrected chi connectivity index (χ2v) is 11.6. The standard InChI is InChI=1S/C27H30BrN3O4S/c1-21-2-12-26(13-3-21)36(33,34)31(25-10-8-24(28)9-11-25)20-27(32)29-18-22-4-6-23(7-5-22)19-30-14-16-35-17-15-30/h2-13H,14-20H2,1H3,(H,29,32). The molecule has 3 aromatic carbocycles. The second kappa shape index (κ2) is 12.0. The molecule has 0 aliphatic carbocycles. The fraction of sp³-hybridized carbons (Fsp3) is 0.296. The number of rotatable bonds is 9. The molecule has 190 valence electrons. The monoisotopic (exact) mass is 571 g/mol. The van der Waals surface area contributed by atoms with E-state index in [0.29, 0.717) is 12.2 Å². The molecule has 1 aliphatic rings. The lowest BCUT2D eigenvalue weighted by Gasteiger charge is -2.26. The molecule has 1 saturated heterocycles. The topological polar surface area (TPSA) is 79.0 Å². The Labute approximate surface area is 221 Å². The van der Waals surface area contributed by atoms with Crippen LogP contribution in [0.1, 0.15) is 16.7 Å². The Kier molecular flexibility index (Phi) is 8.79. The van der Waals surface area contributed by atoms with Crippen LogP contribution in [0.4, 0.5) is 5.69 Å². The lowest BCUT2D eigenvalue weighted by Crippen LogP contribution is -2.40. The maximum Gasteiger partial charge on any atom is 0.264 e. The maximum atomic E-state index is 13.5. The van der Waals surface area contributed by atoms with Gasteiger partial charge in [0.1, 0.15) is 6.54 Å². The molecule has 36 heavy (non-hydrogen) atoms. The Balaban J connectivity index is 1.42. The van der Waals surface area contributed by atoms with E-state index < -0.39 is 10.0 Å². The van der Waals surface area contributed by atoms with Crippen molar-refractivity contribution in [3.8, 4) is 0 Å². The van der Waals surface area contributed by atoms with Crippen LogP contribution in [0.3, 0.4) is 0 Å². The summed E-state index contributed by atoms with van der Waals surface area (Å²) in [5, 5.41) is 2.86. The van der Waals surface area contributed by atoms with E-state index in [-0.39, 0.29) is 17.3 Å². The molecule has 1 fully saturated rings. The van der Waals surface area contributed by atoms with E-state index in [1.165, 1.54) is 5.56 Å². The number of morpholine rings is 1. The van der Waals surface area contributed by atoms with Crippen LogP contribution in [0.5, 0.6) is 0 Å². The summed E-state index contributed by atoms with van der Waals surface area (Å²) in [6.45, 7) is 6.14. The zero-order chi connectivity index (χ0) is 25.5. The number of ether oxygens (including phenoxy) is 1. The first-order valence-electron chi connectivity index (χ1n) is 11.8. The van der Waals surface area contributed by atoms with Crippen molar-refractivity contribution in [3.05, 3.63) is 94.0 Å². The highest BCUT2D eigenvalue weighted by atomic mass is 79.9. The maximum absolute atomic E-state index is 13.5. The highest BCUT2D eigenvalue weighted by Crippen LogP contribution is 2.25. The molecule has 1 amide bonds. The van der Waals surface area contributed by atoms with Crippen molar-refractivity contribution in [2.45, 2.75) is 24.9 Å². The number of anilines is 1. The number of hydrogen-bond donors (Lipinski definition) is 1. The zero-order valence-corrected chi connectivity index (χ0v) is 22.6. The van der Waals surface area contributed by atoms with Gasteiger partial charge in [-0.05, 0) is 54.4 Å². The smallest absolute Gasteiger partial charge is 0.264 e. The molecule has 0 atom stereocenters. The van der Waals surface area contributed by atoms with E-state index in [9.17, 15) is 13.2 Å². The number of hydrogen-bond acceptors (Lipinski definition) is 5. The van der Waals surface area contributed by atoms with Crippen molar-refractivity contribution in [3.63, 3.8) is 0 Å². The summed E-state index contributed by atoms with van der Waals surface area (Å²) in [5.74, 6) is -0.383. The predicted molar refractivity (Wildman–Crippen MR) is 144 cm³/mol. The van der Waals surface area contributed by atoms with Crippen LogP contribution in [0.25, 0.3) is 0 Å². The van der Waals surface area contributed by atoms with Gasteiger partial charge in [-0.1, -0.05) is 57.9 Å². The van der Waals surface area contributed by atoms with Crippen LogP contribution >= 0.6 is 15.9 Å². The van der Waals surface area contributed by atoms with Crippen LogP contribution in [0.2, 0.25) is 0 Å². The van der Waals surface area contributed by atoms with E-state index in [1.807, 2.05) is 19.1 Å². The molecule has 1 aliphatic heterocycles. The quantitative estimate of drug-likeness (QED) is 0.418. The molecule has 3 aromatic rings. The van der Waals surface area contributed by atoms with Crippen LogP contribution in [0.15, 0.2) is 82.2 Å². The molecule has 9 heteroatoms. The highest BCUT2D eigenvalue weighted by molar-refractivity contribution is 9.10. The van der Waals surface area contributed by atoms with E-state index in [4.69, 9.17) is 4.74 Å². The molecule has 4 rings (SSSR count). The molecule has 1 heterocycles. The number of sulfonamides is 1. The predicted octanol–water partition coefficient (Wildman–Crippen LogP) is 4.10. The summed E-state index contributed by atoms with van der Waals surface area (Å²) >= 11 is 3.38. The van der Waals surface area contributed by atoms with Crippen LogP contribution in [-0.4, -0.2) is 52.1 Å². The average Bonchev–Trinajstić information content (AvgIpc) is 2.88. The largest absolute Gasteiger partial charge is 0.379 e. The van der Waals surface area contributed by atoms with Gasteiger partial charge in [0.15, 0.2) is 0 Å². The normalized spacial score (nSPS) is 14.4. The van der Waals surface area contributed by atoms with E-state index in [0.717, 1.165) is 52.8 Å². The van der Waals surface area contributed by atoms with Gasteiger partial charge >= 0.3 is 0 Å². The summed E-state index contributed by atoms with van der Waals surface area (Å²) in [7, 11) is -3.94. The molecular formula is C27H30BrN3O4S. The van der Waals surface area contributed by atoms with Gasteiger partial charge in [0.05, 0.1) is 23.8 Å². The zero-order valence-electron chi connectivity index (χ0n) is 20.2.